The minimum Gasteiger partial charge on any atom is -0.384 e. The Morgan fingerprint density at radius 2 is 2.00 bits per heavy atom. The van der Waals surface area contributed by atoms with Gasteiger partial charge >= 0.3 is 0 Å². The number of methoxy groups -OCH3 is 1. The summed E-state index contributed by atoms with van der Waals surface area (Å²) in [5.41, 5.74) is 2.35. The predicted molar refractivity (Wildman–Crippen MR) is 82.0 cm³/mol. The first kappa shape index (κ1) is 14.5. The summed E-state index contributed by atoms with van der Waals surface area (Å²) in [6, 6.07) is 8.45. The molecule has 1 fully saturated rings. The number of nitrogens with zero attached hydrogens (tertiary/aromatic N) is 1. The lowest BCUT2D eigenvalue weighted by Crippen LogP contribution is -2.52. The van der Waals surface area contributed by atoms with Crippen LogP contribution in [0, 0.1) is 5.41 Å². The smallest absolute Gasteiger partial charge is 0.231 e. The first-order valence-electron chi connectivity index (χ1n) is 7.81. The largest absolute Gasteiger partial charge is 0.384 e. The van der Waals surface area contributed by atoms with Crippen molar-refractivity contribution in [2.45, 2.75) is 25.8 Å². The maximum Gasteiger partial charge on any atom is 0.231 e. The maximum atomic E-state index is 13.1. The molecule has 2 aliphatic heterocycles. The normalized spacial score (nSPS) is 20.9. The van der Waals surface area contributed by atoms with Crippen LogP contribution in [0.4, 0.5) is 0 Å². The van der Waals surface area contributed by atoms with E-state index in [9.17, 15) is 4.79 Å². The van der Waals surface area contributed by atoms with Gasteiger partial charge in [-0.05, 0) is 43.5 Å². The molecule has 0 atom stereocenters. The summed E-state index contributed by atoms with van der Waals surface area (Å²) in [5, 5.41) is 3.35. The van der Waals surface area contributed by atoms with Gasteiger partial charge in [-0.3, -0.25) is 4.79 Å². The Kier molecular flexibility index (Phi) is 4.27. The van der Waals surface area contributed by atoms with Gasteiger partial charge in [-0.25, -0.2) is 0 Å². The number of nitrogens with one attached hydrogen (secondary N) is 1. The topological polar surface area (TPSA) is 41.6 Å². The fraction of sp³-hybridized carbons (Fsp3) is 0.588. The second-order valence-corrected chi connectivity index (χ2v) is 6.21. The van der Waals surface area contributed by atoms with Gasteiger partial charge in [0, 0.05) is 20.2 Å². The van der Waals surface area contributed by atoms with E-state index in [1.807, 2.05) is 4.90 Å². The number of rotatable bonds is 3. The first-order chi connectivity index (χ1) is 10.2. The van der Waals surface area contributed by atoms with E-state index in [1.165, 1.54) is 11.1 Å². The number of benzene rings is 1. The van der Waals surface area contributed by atoms with Crippen LogP contribution in [-0.4, -0.2) is 44.2 Å². The van der Waals surface area contributed by atoms with Crippen molar-refractivity contribution in [2.24, 2.45) is 5.41 Å². The number of carbonyl (C=O) groups excluding carboxylic acids is 1. The van der Waals surface area contributed by atoms with Gasteiger partial charge in [0.25, 0.3) is 0 Å². The van der Waals surface area contributed by atoms with Crippen LogP contribution in [0.2, 0.25) is 0 Å². The molecule has 0 bridgehead atoms. The molecule has 2 aliphatic rings. The van der Waals surface area contributed by atoms with Gasteiger partial charge in [-0.15, -0.1) is 0 Å². The van der Waals surface area contributed by atoms with E-state index in [0.717, 1.165) is 45.4 Å². The minimum absolute atomic E-state index is 0.278. The number of fused-ring (bicyclic) bond motifs is 1. The van der Waals surface area contributed by atoms with Crippen molar-refractivity contribution >= 4 is 5.91 Å². The van der Waals surface area contributed by atoms with Crippen molar-refractivity contribution < 1.29 is 9.53 Å². The molecular weight excluding hydrogens is 264 g/mol. The second-order valence-electron chi connectivity index (χ2n) is 6.21. The summed E-state index contributed by atoms with van der Waals surface area (Å²) in [7, 11) is 1.70. The Bertz CT molecular complexity index is 504. The van der Waals surface area contributed by atoms with Crippen LogP contribution in [0.5, 0.6) is 0 Å². The standard InChI is InChI=1S/C17H24N2O2/c1-21-13-17(7-9-18-10-8-17)16(20)19-11-6-14-4-2-3-5-15(14)12-19/h2-5,18H,6-13H2,1H3. The molecule has 0 saturated carbocycles. The quantitative estimate of drug-likeness (QED) is 0.918. The highest BCUT2D eigenvalue weighted by Crippen LogP contribution is 2.33. The van der Waals surface area contributed by atoms with Gasteiger partial charge in [0.2, 0.25) is 5.91 Å². The maximum absolute atomic E-state index is 13.1. The number of hydrogen-bond acceptors (Lipinski definition) is 3. The average Bonchev–Trinajstić information content (AvgIpc) is 2.55. The monoisotopic (exact) mass is 288 g/mol. The van der Waals surface area contributed by atoms with Crippen LogP contribution >= 0.6 is 0 Å². The van der Waals surface area contributed by atoms with Crippen molar-refractivity contribution in [1.29, 1.82) is 0 Å². The van der Waals surface area contributed by atoms with Crippen molar-refractivity contribution in [3.63, 3.8) is 0 Å². The third kappa shape index (κ3) is 2.83. The van der Waals surface area contributed by atoms with E-state index < -0.39 is 0 Å². The Morgan fingerprint density at radius 1 is 1.29 bits per heavy atom. The van der Waals surface area contributed by atoms with Crippen LogP contribution in [0.25, 0.3) is 0 Å². The minimum atomic E-state index is -0.327. The van der Waals surface area contributed by atoms with Gasteiger partial charge in [-0.1, -0.05) is 24.3 Å². The SMILES string of the molecule is COCC1(C(=O)N2CCc3ccccc3C2)CCNCC1. The van der Waals surface area contributed by atoms with Crippen LogP contribution in [0.15, 0.2) is 24.3 Å². The van der Waals surface area contributed by atoms with Gasteiger partial charge in [0.05, 0.1) is 12.0 Å². The van der Waals surface area contributed by atoms with Crippen LogP contribution in [-0.2, 0) is 22.5 Å². The molecule has 1 saturated heterocycles. The van der Waals surface area contributed by atoms with Crippen molar-refractivity contribution in [3.8, 4) is 0 Å². The number of piperidine rings is 1. The fourth-order valence-electron chi connectivity index (χ4n) is 3.61. The van der Waals surface area contributed by atoms with Gasteiger partial charge < -0.3 is 15.0 Å². The number of ether oxygens (including phenoxy) is 1. The summed E-state index contributed by atoms with van der Waals surface area (Å²) < 4.78 is 5.39. The fourth-order valence-corrected chi connectivity index (χ4v) is 3.61. The number of amides is 1. The van der Waals surface area contributed by atoms with Crippen molar-refractivity contribution in [1.82, 2.24) is 10.2 Å². The lowest BCUT2D eigenvalue weighted by Gasteiger charge is -2.41. The van der Waals surface area contributed by atoms with E-state index in [0.29, 0.717) is 6.61 Å². The summed E-state index contributed by atoms with van der Waals surface area (Å²) in [4.78, 5) is 15.1. The van der Waals surface area contributed by atoms with Gasteiger partial charge in [-0.2, -0.15) is 0 Å². The molecule has 1 amide bonds. The average molecular weight is 288 g/mol. The number of carbonyl (C=O) groups is 1. The first-order valence-corrected chi connectivity index (χ1v) is 7.81. The molecule has 0 spiro atoms. The molecular formula is C17H24N2O2. The molecule has 1 N–H and O–H groups in total. The highest BCUT2D eigenvalue weighted by molar-refractivity contribution is 5.83. The Labute approximate surface area is 126 Å². The molecule has 114 valence electrons. The third-order valence-corrected chi connectivity index (χ3v) is 4.85. The molecule has 4 nitrogen and oxygen atoms in total. The summed E-state index contributed by atoms with van der Waals surface area (Å²) in [5.74, 6) is 0.278. The number of hydrogen-bond donors (Lipinski definition) is 1. The van der Waals surface area contributed by atoms with Crippen LogP contribution in [0.1, 0.15) is 24.0 Å². The van der Waals surface area contributed by atoms with E-state index in [2.05, 4.69) is 29.6 Å². The molecule has 0 unspecified atom stereocenters. The van der Waals surface area contributed by atoms with Crippen molar-refractivity contribution in [2.75, 3.05) is 33.4 Å². The zero-order valence-corrected chi connectivity index (χ0v) is 12.7. The molecule has 21 heavy (non-hydrogen) atoms. The lowest BCUT2D eigenvalue weighted by molar-refractivity contribution is -0.148. The zero-order chi connectivity index (χ0) is 14.7. The van der Waals surface area contributed by atoms with E-state index in [4.69, 9.17) is 4.74 Å². The Hall–Kier alpha value is -1.39. The second kappa shape index (κ2) is 6.16. The summed E-state index contributed by atoms with van der Waals surface area (Å²) in [6.45, 7) is 3.91. The molecule has 1 aromatic carbocycles. The zero-order valence-electron chi connectivity index (χ0n) is 12.7. The van der Waals surface area contributed by atoms with E-state index >= 15 is 0 Å². The summed E-state index contributed by atoms with van der Waals surface area (Å²) in [6.07, 6.45) is 2.71. The molecule has 2 heterocycles. The van der Waals surface area contributed by atoms with E-state index in [-0.39, 0.29) is 11.3 Å². The summed E-state index contributed by atoms with van der Waals surface area (Å²) >= 11 is 0. The molecule has 1 aromatic rings. The lowest BCUT2D eigenvalue weighted by atomic mass is 9.77. The molecule has 0 aromatic heterocycles. The molecule has 0 radical (unpaired) electrons. The van der Waals surface area contributed by atoms with Crippen LogP contribution < -0.4 is 5.32 Å². The highest BCUT2D eigenvalue weighted by Gasteiger charge is 2.42. The van der Waals surface area contributed by atoms with E-state index in [1.54, 1.807) is 7.11 Å². The predicted octanol–water partition coefficient (Wildman–Crippen LogP) is 1.59. The molecule has 0 aliphatic carbocycles. The Morgan fingerprint density at radius 3 is 2.71 bits per heavy atom. The highest BCUT2D eigenvalue weighted by atomic mass is 16.5. The van der Waals surface area contributed by atoms with Gasteiger partial charge in [0.15, 0.2) is 0 Å². The van der Waals surface area contributed by atoms with Gasteiger partial charge in [0.1, 0.15) is 0 Å². The van der Waals surface area contributed by atoms with Crippen molar-refractivity contribution in [3.05, 3.63) is 35.4 Å². The molecule has 3 rings (SSSR count). The Balaban J connectivity index is 1.78. The third-order valence-electron chi connectivity index (χ3n) is 4.85. The molecule has 4 heteroatoms. The van der Waals surface area contributed by atoms with Crippen LogP contribution in [0.3, 0.4) is 0 Å².